The van der Waals surface area contributed by atoms with Gasteiger partial charge in [0.2, 0.25) is 15.9 Å². The van der Waals surface area contributed by atoms with E-state index in [0.29, 0.717) is 29.0 Å². The third-order valence-electron chi connectivity index (χ3n) is 6.09. The summed E-state index contributed by atoms with van der Waals surface area (Å²) in [6.45, 7) is 10.3. The van der Waals surface area contributed by atoms with E-state index >= 15 is 0 Å². The number of hydrogen-bond donors (Lipinski definition) is 1. The van der Waals surface area contributed by atoms with Crippen LogP contribution in [0.3, 0.4) is 0 Å². The van der Waals surface area contributed by atoms with Crippen LogP contribution < -0.4 is 5.32 Å². The van der Waals surface area contributed by atoms with Crippen LogP contribution in [0.2, 0.25) is 0 Å². The van der Waals surface area contributed by atoms with Crippen molar-refractivity contribution in [2.75, 3.05) is 52.5 Å². The number of nitrogens with one attached hydrogen (secondary N) is 1. The first-order valence-electron chi connectivity index (χ1n) is 12.0. The molecule has 1 aliphatic heterocycles. The molecule has 0 aliphatic carbocycles. The van der Waals surface area contributed by atoms with Gasteiger partial charge in [0.05, 0.1) is 24.7 Å². The van der Waals surface area contributed by atoms with Crippen LogP contribution in [0.5, 0.6) is 0 Å². The summed E-state index contributed by atoms with van der Waals surface area (Å²) in [6, 6.07) is 13.5. The van der Waals surface area contributed by atoms with Gasteiger partial charge in [-0.2, -0.15) is 4.31 Å². The zero-order valence-electron chi connectivity index (χ0n) is 20.5. The van der Waals surface area contributed by atoms with Crippen molar-refractivity contribution in [1.29, 1.82) is 0 Å². The van der Waals surface area contributed by atoms with E-state index in [0.717, 1.165) is 50.4 Å². The first-order valence-corrected chi connectivity index (χ1v) is 13.4. The van der Waals surface area contributed by atoms with Crippen molar-refractivity contribution in [3.8, 4) is 0 Å². The highest BCUT2D eigenvalue weighted by molar-refractivity contribution is 7.89. The molecule has 1 heterocycles. The Morgan fingerprint density at radius 2 is 1.71 bits per heavy atom. The number of amides is 1. The van der Waals surface area contributed by atoms with Crippen molar-refractivity contribution in [2.45, 2.75) is 38.5 Å². The number of morpholine rings is 1. The molecule has 2 aromatic rings. The van der Waals surface area contributed by atoms with Crippen molar-refractivity contribution in [1.82, 2.24) is 14.5 Å². The Labute approximate surface area is 204 Å². The molecule has 0 aromatic heterocycles. The highest BCUT2D eigenvalue weighted by Gasteiger charge is 2.29. The summed E-state index contributed by atoms with van der Waals surface area (Å²) in [4.78, 5) is 15.4. The molecular formula is C26H37N3O4S. The van der Waals surface area contributed by atoms with Gasteiger partial charge in [-0.1, -0.05) is 48.0 Å². The van der Waals surface area contributed by atoms with Crippen LogP contribution in [0.1, 0.15) is 28.7 Å². The first kappa shape index (κ1) is 26.3. The minimum atomic E-state index is -3.84. The molecule has 2 aromatic carbocycles. The first-order chi connectivity index (χ1) is 16.3. The van der Waals surface area contributed by atoms with Gasteiger partial charge in [0, 0.05) is 26.2 Å². The predicted octanol–water partition coefficient (Wildman–Crippen LogP) is 2.68. The van der Waals surface area contributed by atoms with Crippen molar-refractivity contribution in [3.63, 3.8) is 0 Å². The summed E-state index contributed by atoms with van der Waals surface area (Å²) in [5.41, 5.74) is 3.45. The lowest BCUT2D eigenvalue weighted by atomic mass is 10.1. The third-order valence-corrected chi connectivity index (χ3v) is 8.24. The van der Waals surface area contributed by atoms with Gasteiger partial charge in [0.1, 0.15) is 0 Å². The molecule has 1 N–H and O–H groups in total. The Balaban J connectivity index is 1.68. The minimum absolute atomic E-state index is 0.195. The highest BCUT2D eigenvalue weighted by Crippen LogP contribution is 2.25. The second-order valence-electron chi connectivity index (χ2n) is 8.96. The van der Waals surface area contributed by atoms with Crippen molar-refractivity contribution < 1.29 is 17.9 Å². The number of hydrogen-bond acceptors (Lipinski definition) is 5. The Morgan fingerprint density at radius 1 is 1.06 bits per heavy atom. The van der Waals surface area contributed by atoms with Gasteiger partial charge < -0.3 is 10.1 Å². The molecule has 0 saturated carbocycles. The molecule has 7 nitrogen and oxygen atoms in total. The molecule has 1 fully saturated rings. The van der Waals surface area contributed by atoms with Crippen LogP contribution in [-0.2, 0) is 26.0 Å². The van der Waals surface area contributed by atoms with Gasteiger partial charge >= 0.3 is 0 Å². The number of rotatable bonds is 11. The van der Waals surface area contributed by atoms with Crippen LogP contribution in [0, 0.1) is 20.8 Å². The SMILES string of the molecule is Cc1cc(C)c(S(=O)(=O)N(CCc2ccccc2)CC(=O)NCCCN2CCOCC2)c(C)c1. The summed E-state index contributed by atoms with van der Waals surface area (Å²) in [6.07, 6.45) is 1.35. The topological polar surface area (TPSA) is 79.0 Å². The fourth-order valence-electron chi connectivity index (χ4n) is 4.46. The van der Waals surface area contributed by atoms with Crippen LogP contribution in [0.25, 0.3) is 0 Å². The highest BCUT2D eigenvalue weighted by atomic mass is 32.2. The maximum absolute atomic E-state index is 13.7. The lowest BCUT2D eigenvalue weighted by Crippen LogP contribution is -2.43. The number of carbonyl (C=O) groups excluding carboxylic acids is 1. The number of benzene rings is 2. The van der Waals surface area contributed by atoms with Crippen LogP contribution in [0.4, 0.5) is 0 Å². The molecule has 1 saturated heterocycles. The summed E-state index contributed by atoms with van der Waals surface area (Å²) >= 11 is 0. The standard InChI is InChI=1S/C26H37N3O4S/c1-21-18-22(2)26(23(3)19-21)34(31,32)29(13-10-24-8-5-4-6-9-24)20-25(30)27-11-7-12-28-14-16-33-17-15-28/h4-6,8-9,18-19H,7,10-17,20H2,1-3H3,(H,27,30). The molecule has 0 bridgehead atoms. The summed E-state index contributed by atoms with van der Waals surface area (Å²) in [5.74, 6) is -0.277. The van der Waals surface area contributed by atoms with E-state index in [-0.39, 0.29) is 19.0 Å². The number of aryl methyl sites for hydroxylation is 3. The van der Waals surface area contributed by atoms with Crippen LogP contribution in [-0.4, -0.2) is 76.0 Å². The Kier molecular flexibility index (Phi) is 9.64. The normalized spacial score (nSPS) is 14.9. The van der Waals surface area contributed by atoms with Crippen molar-refractivity contribution in [2.24, 2.45) is 0 Å². The average Bonchev–Trinajstić information content (AvgIpc) is 2.80. The van der Waals surface area contributed by atoms with E-state index in [4.69, 9.17) is 4.74 Å². The molecule has 34 heavy (non-hydrogen) atoms. The molecule has 0 unspecified atom stereocenters. The fraction of sp³-hybridized carbons (Fsp3) is 0.500. The van der Waals surface area contributed by atoms with Crippen molar-refractivity contribution >= 4 is 15.9 Å². The lowest BCUT2D eigenvalue weighted by molar-refractivity contribution is -0.121. The fourth-order valence-corrected chi connectivity index (χ4v) is 6.27. The molecule has 0 atom stereocenters. The van der Waals surface area contributed by atoms with E-state index < -0.39 is 10.0 Å². The summed E-state index contributed by atoms with van der Waals surface area (Å²) in [7, 11) is -3.84. The molecule has 186 valence electrons. The monoisotopic (exact) mass is 487 g/mol. The largest absolute Gasteiger partial charge is 0.379 e. The molecule has 1 amide bonds. The third kappa shape index (κ3) is 7.37. The van der Waals surface area contributed by atoms with Crippen molar-refractivity contribution in [3.05, 3.63) is 64.7 Å². The zero-order chi connectivity index (χ0) is 24.6. The minimum Gasteiger partial charge on any atom is -0.379 e. The Morgan fingerprint density at radius 3 is 2.35 bits per heavy atom. The number of sulfonamides is 1. The molecular weight excluding hydrogens is 450 g/mol. The van der Waals surface area contributed by atoms with Gasteiger partial charge in [-0.3, -0.25) is 9.69 Å². The van der Waals surface area contributed by atoms with E-state index in [1.165, 1.54) is 4.31 Å². The van der Waals surface area contributed by atoms with Gasteiger partial charge in [0.15, 0.2) is 0 Å². The second-order valence-corrected chi connectivity index (χ2v) is 10.8. The molecule has 8 heteroatoms. The maximum Gasteiger partial charge on any atom is 0.244 e. The zero-order valence-corrected chi connectivity index (χ0v) is 21.4. The molecule has 1 aliphatic rings. The maximum atomic E-state index is 13.7. The quantitative estimate of drug-likeness (QED) is 0.493. The van der Waals surface area contributed by atoms with Gasteiger partial charge in [-0.25, -0.2) is 8.42 Å². The predicted molar refractivity (Wildman–Crippen MR) is 134 cm³/mol. The summed E-state index contributed by atoms with van der Waals surface area (Å²) < 4.78 is 34.1. The number of carbonyl (C=O) groups is 1. The van der Waals surface area contributed by atoms with Gasteiger partial charge in [0.25, 0.3) is 0 Å². The molecule has 3 rings (SSSR count). The van der Waals surface area contributed by atoms with Crippen LogP contribution in [0.15, 0.2) is 47.4 Å². The average molecular weight is 488 g/mol. The smallest absolute Gasteiger partial charge is 0.244 e. The molecule has 0 radical (unpaired) electrons. The Hall–Kier alpha value is -2.26. The number of ether oxygens (including phenoxy) is 1. The molecule has 0 spiro atoms. The van der Waals surface area contributed by atoms with E-state index in [1.54, 1.807) is 0 Å². The second kappa shape index (κ2) is 12.4. The van der Waals surface area contributed by atoms with E-state index in [1.807, 2.05) is 63.2 Å². The Bertz CT molecular complexity index is 1030. The van der Waals surface area contributed by atoms with Gasteiger partial charge in [-0.15, -0.1) is 0 Å². The van der Waals surface area contributed by atoms with E-state index in [9.17, 15) is 13.2 Å². The summed E-state index contributed by atoms with van der Waals surface area (Å²) in [5, 5.41) is 2.91. The van der Waals surface area contributed by atoms with Crippen LogP contribution >= 0.6 is 0 Å². The van der Waals surface area contributed by atoms with E-state index in [2.05, 4.69) is 10.2 Å². The number of nitrogens with zero attached hydrogens (tertiary/aromatic N) is 2. The lowest BCUT2D eigenvalue weighted by Gasteiger charge is -2.26. The van der Waals surface area contributed by atoms with Gasteiger partial charge in [-0.05, 0) is 56.8 Å².